The standard InChI is InChI=1S/C20H23ClFN3O3/c1-5-12(7-9-26-2)25-16-6-8-23-18(19(16)24-20(25)28-4)13-10-15(22)17(27-3)11-14(13)21/h6,8,10-12H,5,7,9H2,1-4H3. The Hall–Kier alpha value is -2.38. The SMILES string of the molecule is CCC(CCOC)n1c(OC)nc2c(-c3cc(F)c(OC)cc3Cl)nccc21. The first kappa shape index (κ1) is 20.4. The Balaban J connectivity index is 2.21. The molecule has 0 N–H and O–H groups in total. The summed E-state index contributed by atoms with van der Waals surface area (Å²) in [6, 6.07) is 5.23. The summed E-state index contributed by atoms with van der Waals surface area (Å²) in [5.41, 5.74) is 2.38. The minimum atomic E-state index is -0.515. The van der Waals surface area contributed by atoms with Gasteiger partial charge in [0.2, 0.25) is 0 Å². The lowest BCUT2D eigenvalue weighted by atomic mass is 10.1. The Morgan fingerprint density at radius 1 is 1.21 bits per heavy atom. The van der Waals surface area contributed by atoms with Gasteiger partial charge in [0, 0.05) is 37.6 Å². The van der Waals surface area contributed by atoms with E-state index in [0.29, 0.717) is 34.4 Å². The number of methoxy groups -OCH3 is 3. The lowest BCUT2D eigenvalue weighted by Crippen LogP contribution is -2.12. The van der Waals surface area contributed by atoms with Crippen molar-refractivity contribution in [1.29, 1.82) is 0 Å². The Morgan fingerprint density at radius 2 is 2.00 bits per heavy atom. The summed E-state index contributed by atoms with van der Waals surface area (Å²) < 4.78 is 32.1. The lowest BCUT2D eigenvalue weighted by molar-refractivity contribution is 0.175. The number of rotatable bonds is 8. The van der Waals surface area contributed by atoms with Crippen LogP contribution < -0.4 is 9.47 Å². The zero-order valence-electron chi connectivity index (χ0n) is 16.3. The van der Waals surface area contributed by atoms with E-state index in [4.69, 9.17) is 25.8 Å². The molecule has 2 heterocycles. The third-order valence-corrected chi connectivity index (χ3v) is 5.06. The number of hydrogen-bond donors (Lipinski definition) is 0. The Kier molecular flexibility index (Phi) is 6.36. The number of nitrogens with zero attached hydrogens (tertiary/aromatic N) is 3. The number of benzene rings is 1. The highest BCUT2D eigenvalue weighted by Gasteiger charge is 2.23. The van der Waals surface area contributed by atoms with Crippen LogP contribution in [0.5, 0.6) is 11.8 Å². The van der Waals surface area contributed by atoms with E-state index in [0.717, 1.165) is 18.4 Å². The molecule has 3 rings (SSSR count). The van der Waals surface area contributed by atoms with Gasteiger partial charge < -0.3 is 14.2 Å². The predicted molar refractivity (Wildman–Crippen MR) is 107 cm³/mol. The van der Waals surface area contributed by atoms with Gasteiger partial charge in [0.15, 0.2) is 11.6 Å². The van der Waals surface area contributed by atoms with Crippen molar-refractivity contribution >= 4 is 22.6 Å². The molecule has 1 atom stereocenters. The van der Waals surface area contributed by atoms with E-state index in [1.807, 2.05) is 10.6 Å². The average molecular weight is 408 g/mol. The molecule has 1 unspecified atom stereocenters. The maximum atomic E-state index is 14.3. The maximum absolute atomic E-state index is 14.3. The van der Waals surface area contributed by atoms with Crippen molar-refractivity contribution < 1.29 is 18.6 Å². The zero-order valence-corrected chi connectivity index (χ0v) is 17.1. The van der Waals surface area contributed by atoms with Crippen LogP contribution in [0.15, 0.2) is 24.4 Å². The van der Waals surface area contributed by atoms with Gasteiger partial charge in [-0.05, 0) is 25.0 Å². The molecule has 2 aromatic heterocycles. The second-order valence-corrected chi connectivity index (χ2v) is 6.71. The second-order valence-electron chi connectivity index (χ2n) is 6.31. The first-order chi connectivity index (χ1) is 13.5. The first-order valence-electron chi connectivity index (χ1n) is 8.98. The van der Waals surface area contributed by atoms with Crippen molar-refractivity contribution in [3.05, 3.63) is 35.2 Å². The second kappa shape index (κ2) is 8.75. The van der Waals surface area contributed by atoms with E-state index in [-0.39, 0.29) is 11.8 Å². The molecule has 150 valence electrons. The van der Waals surface area contributed by atoms with Crippen molar-refractivity contribution in [2.24, 2.45) is 0 Å². The van der Waals surface area contributed by atoms with Crippen LogP contribution in [0.25, 0.3) is 22.3 Å². The monoisotopic (exact) mass is 407 g/mol. The molecule has 0 radical (unpaired) electrons. The molecule has 0 aliphatic carbocycles. The molecule has 6 nitrogen and oxygen atoms in total. The molecule has 0 spiro atoms. The van der Waals surface area contributed by atoms with Crippen LogP contribution in [0.1, 0.15) is 25.8 Å². The summed E-state index contributed by atoms with van der Waals surface area (Å²) in [7, 11) is 4.65. The largest absolute Gasteiger partial charge is 0.494 e. The lowest BCUT2D eigenvalue weighted by Gasteiger charge is -2.19. The Labute approximate surface area is 168 Å². The number of halogens is 2. The van der Waals surface area contributed by atoms with Gasteiger partial charge >= 0.3 is 0 Å². The van der Waals surface area contributed by atoms with Crippen LogP contribution in [0.3, 0.4) is 0 Å². The molecule has 0 aliphatic heterocycles. The van der Waals surface area contributed by atoms with Gasteiger partial charge in [-0.25, -0.2) is 4.39 Å². The molecule has 0 fully saturated rings. The summed E-state index contributed by atoms with van der Waals surface area (Å²) in [6.45, 7) is 2.72. The number of ether oxygens (including phenoxy) is 3. The van der Waals surface area contributed by atoms with Crippen LogP contribution >= 0.6 is 11.6 Å². The van der Waals surface area contributed by atoms with Crippen molar-refractivity contribution in [3.8, 4) is 23.0 Å². The van der Waals surface area contributed by atoms with Gasteiger partial charge in [0.05, 0.1) is 30.5 Å². The van der Waals surface area contributed by atoms with Crippen molar-refractivity contribution in [2.45, 2.75) is 25.8 Å². The third kappa shape index (κ3) is 3.64. The van der Waals surface area contributed by atoms with Gasteiger partial charge in [0.1, 0.15) is 5.52 Å². The summed E-state index contributed by atoms with van der Waals surface area (Å²) in [6.07, 6.45) is 3.35. The summed E-state index contributed by atoms with van der Waals surface area (Å²) in [4.78, 5) is 9.05. The van der Waals surface area contributed by atoms with Gasteiger partial charge in [-0.3, -0.25) is 9.55 Å². The van der Waals surface area contributed by atoms with Crippen LogP contribution in [0.2, 0.25) is 5.02 Å². The average Bonchev–Trinajstić information content (AvgIpc) is 3.09. The maximum Gasteiger partial charge on any atom is 0.297 e. The summed E-state index contributed by atoms with van der Waals surface area (Å²) in [5.74, 6) is -0.437. The minimum absolute atomic E-state index is 0.0784. The Bertz CT molecular complexity index is 977. The van der Waals surface area contributed by atoms with Crippen LogP contribution in [-0.4, -0.2) is 42.5 Å². The molecule has 1 aromatic carbocycles. The highest BCUT2D eigenvalue weighted by atomic mass is 35.5. The quantitative estimate of drug-likeness (QED) is 0.531. The molecular formula is C20H23ClFN3O3. The van der Waals surface area contributed by atoms with Crippen molar-refractivity contribution in [1.82, 2.24) is 14.5 Å². The third-order valence-electron chi connectivity index (χ3n) is 4.75. The summed E-state index contributed by atoms with van der Waals surface area (Å²) in [5, 5.41) is 0.332. The normalized spacial score (nSPS) is 12.4. The van der Waals surface area contributed by atoms with Crippen molar-refractivity contribution in [2.75, 3.05) is 27.9 Å². The molecule has 0 aliphatic rings. The minimum Gasteiger partial charge on any atom is -0.494 e. The fourth-order valence-electron chi connectivity index (χ4n) is 3.33. The molecule has 0 saturated carbocycles. The molecule has 0 bridgehead atoms. The molecule has 8 heteroatoms. The van der Waals surface area contributed by atoms with Crippen LogP contribution in [0, 0.1) is 5.82 Å². The number of aromatic nitrogens is 3. The molecule has 0 amide bonds. The van der Waals surface area contributed by atoms with Gasteiger partial charge in [-0.2, -0.15) is 4.98 Å². The van der Waals surface area contributed by atoms with E-state index >= 15 is 0 Å². The smallest absolute Gasteiger partial charge is 0.297 e. The van der Waals surface area contributed by atoms with Gasteiger partial charge in [0.25, 0.3) is 6.01 Å². The van der Waals surface area contributed by atoms with Crippen LogP contribution in [0.4, 0.5) is 4.39 Å². The highest BCUT2D eigenvalue weighted by molar-refractivity contribution is 6.33. The predicted octanol–water partition coefficient (Wildman–Crippen LogP) is 4.90. The number of pyridine rings is 1. The topological polar surface area (TPSA) is 58.4 Å². The first-order valence-corrected chi connectivity index (χ1v) is 9.36. The van der Waals surface area contributed by atoms with E-state index in [2.05, 4.69) is 16.9 Å². The number of hydrogen-bond acceptors (Lipinski definition) is 5. The van der Waals surface area contributed by atoms with E-state index in [9.17, 15) is 4.39 Å². The number of fused-ring (bicyclic) bond motifs is 1. The summed E-state index contributed by atoms with van der Waals surface area (Å²) >= 11 is 6.38. The molecular weight excluding hydrogens is 385 g/mol. The fourth-order valence-corrected chi connectivity index (χ4v) is 3.57. The van der Waals surface area contributed by atoms with Crippen molar-refractivity contribution in [3.63, 3.8) is 0 Å². The van der Waals surface area contributed by atoms with Gasteiger partial charge in [-0.15, -0.1) is 0 Å². The zero-order chi connectivity index (χ0) is 20.3. The fraction of sp³-hybridized carbons (Fsp3) is 0.400. The highest BCUT2D eigenvalue weighted by Crippen LogP contribution is 2.38. The van der Waals surface area contributed by atoms with Crippen LogP contribution in [-0.2, 0) is 4.74 Å². The van der Waals surface area contributed by atoms with E-state index in [1.54, 1.807) is 20.4 Å². The Morgan fingerprint density at radius 3 is 2.64 bits per heavy atom. The van der Waals surface area contributed by atoms with E-state index in [1.165, 1.54) is 19.2 Å². The van der Waals surface area contributed by atoms with Gasteiger partial charge in [-0.1, -0.05) is 18.5 Å². The molecule has 3 aromatic rings. The number of imidazole rings is 1. The van der Waals surface area contributed by atoms with E-state index < -0.39 is 5.82 Å². The molecule has 0 saturated heterocycles. The molecule has 28 heavy (non-hydrogen) atoms.